The van der Waals surface area contributed by atoms with Gasteiger partial charge in [0, 0.05) is 19.0 Å². The Morgan fingerprint density at radius 3 is 2.65 bits per heavy atom. The van der Waals surface area contributed by atoms with Gasteiger partial charge in [0.1, 0.15) is 5.52 Å². The standard InChI is InChI=1S/C20H20N2O4/c1-3-25-20(24)15-6-8-16(9-7-15)22-19(23)11-5-14-4-10-18-17(12-14)21-13(2)26-18/h4,6-10,12H,3,5,11H2,1-2H3,(H,22,23). The Hall–Kier alpha value is -3.15. The third kappa shape index (κ3) is 4.27. The number of hydrogen-bond acceptors (Lipinski definition) is 5. The van der Waals surface area contributed by atoms with Gasteiger partial charge < -0.3 is 14.5 Å². The average molecular weight is 352 g/mol. The van der Waals surface area contributed by atoms with E-state index in [0.717, 1.165) is 16.7 Å². The predicted octanol–water partition coefficient (Wildman–Crippen LogP) is 3.88. The number of aryl methyl sites for hydroxylation is 2. The summed E-state index contributed by atoms with van der Waals surface area (Å²) in [6.45, 7) is 3.89. The van der Waals surface area contributed by atoms with Gasteiger partial charge in [-0.2, -0.15) is 0 Å². The van der Waals surface area contributed by atoms with Crippen LogP contribution < -0.4 is 5.32 Å². The zero-order valence-corrected chi connectivity index (χ0v) is 14.7. The van der Waals surface area contributed by atoms with Gasteiger partial charge in [0.15, 0.2) is 11.5 Å². The quantitative estimate of drug-likeness (QED) is 0.681. The van der Waals surface area contributed by atoms with Crippen LogP contribution in [0.5, 0.6) is 0 Å². The number of fused-ring (bicyclic) bond motifs is 1. The van der Waals surface area contributed by atoms with Crippen molar-refractivity contribution in [3.8, 4) is 0 Å². The smallest absolute Gasteiger partial charge is 0.338 e. The number of ether oxygens (including phenoxy) is 1. The Morgan fingerprint density at radius 1 is 1.15 bits per heavy atom. The van der Waals surface area contributed by atoms with Gasteiger partial charge in [-0.05, 0) is 55.3 Å². The highest BCUT2D eigenvalue weighted by Gasteiger charge is 2.08. The van der Waals surface area contributed by atoms with Crippen molar-refractivity contribution in [1.82, 2.24) is 4.98 Å². The molecular formula is C20H20N2O4. The highest BCUT2D eigenvalue weighted by atomic mass is 16.5. The number of amides is 1. The number of nitrogens with one attached hydrogen (secondary N) is 1. The second kappa shape index (κ2) is 7.82. The second-order valence-corrected chi connectivity index (χ2v) is 5.88. The van der Waals surface area contributed by atoms with E-state index in [2.05, 4.69) is 10.3 Å². The lowest BCUT2D eigenvalue weighted by Gasteiger charge is -2.07. The van der Waals surface area contributed by atoms with Crippen molar-refractivity contribution in [2.45, 2.75) is 26.7 Å². The number of aromatic nitrogens is 1. The first kappa shape index (κ1) is 17.7. The van der Waals surface area contributed by atoms with Gasteiger partial charge in [0.25, 0.3) is 0 Å². The third-order valence-electron chi connectivity index (χ3n) is 3.88. The molecular weight excluding hydrogens is 332 g/mol. The highest BCUT2D eigenvalue weighted by Crippen LogP contribution is 2.18. The van der Waals surface area contributed by atoms with E-state index in [4.69, 9.17) is 9.15 Å². The van der Waals surface area contributed by atoms with E-state index in [9.17, 15) is 9.59 Å². The van der Waals surface area contributed by atoms with E-state index in [0.29, 0.717) is 36.6 Å². The molecule has 6 heteroatoms. The summed E-state index contributed by atoms with van der Waals surface area (Å²) >= 11 is 0. The predicted molar refractivity (Wildman–Crippen MR) is 98.1 cm³/mol. The summed E-state index contributed by atoms with van der Waals surface area (Å²) in [6.07, 6.45) is 0.955. The summed E-state index contributed by atoms with van der Waals surface area (Å²) in [7, 11) is 0. The lowest BCUT2D eigenvalue weighted by Crippen LogP contribution is -2.12. The highest BCUT2D eigenvalue weighted by molar-refractivity contribution is 5.93. The molecule has 6 nitrogen and oxygen atoms in total. The fourth-order valence-corrected chi connectivity index (χ4v) is 2.63. The van der Waals surface area contributed by atoms with Gasteiger partial charge in [-0.25, -0.2) is 9.78 Å². The summed E-state index contributed by atoms with van der Waals surface area (Å²) in [4.78, 5) is 28.0. The molecule has 0 aliphatic heterocycles. The number of carbonyl (C=O) groups is 2. The van der Waals surface area contributed by atoms with Crippen molar-refractivity contribution in [2.75, 3.05) is 11.9 Å². The largest absolute Gasteiger partial charge is 0.462 e. The molecule has 0 unspecified atom stereocenters. The maximum Gasteiger partial charge on any atom is 0.338 e. The monoisotopic (exact) mass is 352 g/mol. The van der Waals surface area contributed by atoms with Crippen molar-refractivity contribution >= 4 is 28.7 Å². The van der Waals surface area contributed by atoms with Crippen molar-refractivity contribution < 1.29 is 18.7 Å². The van der Waals surface area contributed by atoms with Gasteiger partial charge in [0.05, 0.1) is 12.2 Å². The maximum absolute atomic E-state index is 12.1. The lowest BCUT2D eigenvalue weighted by molar-refractivity contribution is -0.116. The van der Waals surface area contributed by atoms with Gasteiger partial charge >= 0.3 is 5.97 Å². The van der Waals surface area contributed by atoms with E-state index < -0.39 is 0 Å². The first-order valence-corrected chi connectivity index (χ1v) is 8.48. The van der Waals surface area contributed by atoms with Gasteiger partial charge in [-0.3, -0.25) is 4.79 Å². The molecule has 1 heterocycles. The molecule has 0 saturated carbocycles. The van der Waals surface area contributed by atoms with E-state index in [1.807, 2.05) is 18.2 Å². The molecule has 0 bridgehead atoms. The van der Waals surface area contributed by atoms with Crippen LogP contribution in [0.4, 0.5) is 5.69 Å². The van der Waals surface area contributed by atoms with Crippen LogP contribution in [-0.2, 0) is 16.0 Å². The minimum Gasteiger partial charge on any atom is -0.462 e. The zero-order chi connectivity index (χ0) is 18.5. The molecule has 3 rings (SSSR count). The molecule has 0 fully saturated rings. The van der Waals surface area contributed by atoms with Crippen LogP contribution in [0.1, 0.15) is 35.2 Å². The first-order chi connectivity index (χ1) is 12.5. The van der Waals surface area contributed by atoms with E-state index >= 15 is 0 Å². The van der Waals surface area contributed by atoms with E-state index in [1.165, 1.54) is 0 Å². The van der Waals surface area contributed by atoms with E-state index in [1.54, 1.807) is 38.1 Å². The summed E-state index contributed by atoms with van der Waals surface area (Å²) in [5, 5.41) is 2.83. The molecule has 0 aliphatic rings. The molecule has 3 aromatic rings. The fraction of sp³-hybridized carbons (Fsp3) is 0.250. The molecule has 26 heavy (non-hydrogen) atoms. The SMILES string of the molecule is CCOC(=O)c1ccc(NC(=O)CCc2ccc3oc(C)nc3c2)cc1. The molecule has 0 aliphatic carbocycles. The van der Waals surface area contributed by atoms with Gasteiger partial charge in [-0.15, -0.1) is 0 Å². The average Bonchev–Trinajstić information content (AvgIpc) is 3.00. The molecule has 1 amide bonds. The topological polar surface area (TPSA) is 81.4 Å². The third-order valence-corrected chi connectivity index (χ3v) is 3.88. The van der Waals surface area contributed by atoms with Crippen LogP contribution in [0.25, 0.3) is 11.1 Å². The lowest BCUT2D eigenvalue weighted by atomic mass is 10.1. The van der Waals surface area contributed by atoms with Crippen LogP contribution in [0.15, 0.2) is 46.9 Å². The van der Waals surface area contributed by atoms with Crippen molar-refractivity contribution in [1.29, 1.82) is 0 Å². The van der Waals surface area contributed by atoms with Crippen LogP contribution in [0.2, 0.25) is 0 Å². The normalized spacial score (nSPS) is 10.7. The number of esters is 1. The molecule has 0 saturated heterocycles. The minimum atomic E-state index is -0.371. The number of nitrogens with zero attached hydrogens (tertiary/aromatic N) is 1. The second-order valence-electron chi connectivity index (χ2n) is 5.88. The van der Waals surface area contributed by atoms with Gasteiger partial charge in [0.2, 0.25) is 5.91 Å². The molecule has 0 atom stereocenters. The number of hydrogen-bond donors (Lipinski definition) is 1. The van der Waals surface area contributed by atoms with Gasteiger partial charge in [-0.1, -0.05) is 6.07 Å². The minimum absolute atomic E-state index is 0.0923. The van der Waals surface area contributed by atoms with Crippen LogP contribution in [0, 0.1) is 6.92 Å². The van der Waals surface area contributed by atoms with Crippen molar-refractivity contribution in [3.05, 3.63) is 59.5 Å². The fourth-order valence-electron chi connectivity index (χ4n) is 2.63. The number of anilines is 1. The van der Waals surface area contributed by atoms with Crippen molar-refractivity contribution in [3.63, 3.8) is 0 Å². The number of carbonyl (C=O) groups excluding carboxylic acids is 2. The maximum atomic E-state index is 12.1. The number of benzene rings is 2. The molecule has 1 aromatic heterocycles. The van der Waals surface area contributed by atoms with Crippen molar-refractivity contribution in [2.24, 2.45) is 0 Å². The summed E-state index contributed by atoms with van der Waals surface area (Å²) in [5.41, 5.74) is 3.68. The van der Waals surface area contributed by atoms with E-state index in [-0.39, 0.29) is 11.9 Å². The molecule has 2 aromatic carbocycles. The Morgan fingerprint density at radius 2 is 1.92 bits per heavy atom. The number of rotatable bonds is 6. The molecule has 0 radical (unpaired) electrons. The zero-order valence-electron chi connectivity index (χ0n) is 14.7. The Kier molecular flexibility index (Phi) is 5.31. The molecule has 134 valence electrons. The summed E-state index contributed by atoms with van der Waals surface area (Å²) in [5.74, 6) is 0.162. The van der Waals surface area contributed by atoms with Crippen LogP contribution in [0.3, 0.4) is 0 Å². The molecule has 1 N–H and O–H groups in total. The Bertz CT molecular complexity index is 929. The number of oxazole rings is 1. The molecule has 0 spiro atoms. The van der Waals surface area contributed by atoms with Crippen LogP contribution >= 0.6 is 0 Å². The summed E-state index contributed by atoms with van der Waals surface area (Å²) < 4.78 is 10.4. The Balaban J connectivity index is 1.55. The Labute approximate surface area is 151 Å². The first-order valence-electron chi connectivity index (χ1n) is 8.48. The summed E-state index contributed by atoms with van der Waals surface area (Å²) in [6, 6.07) is 12.4. The van der Waals surface area contributed by atoms with Crippen LogP contribution in [-0.4, -0.2) is 23.5 Å².